The number of aliphatic hydroxyl groups excluding tert-OH is 1. The van der Waals surface area contributed by atoms with E-state index in [0.29, 0.717) is 23.7 Å². The average molecular weight is 328 g/mol. The Labute approximate surface area is 138 Å². The summed E-state index contributed by atoms with van der Waals surface area (Å²) in [5.41, 5.74) is 2.78. The number of hydrogen-bond acceptors (Lipinski definition) is 5. The third kappa shape index (κ3) is 3.69. The number of aliphatic hydroxyl groups is 1. The highest BCUT2D eigenvalue weighted by molar-refractivity contribution is 5.63. The Morgan fingerprint density at radius 2 is 2.04 bits per heavy atom. The average Bonchev–Trinajstić information content (AvgIpc) is 3.08. The van der Waals surface area contributed by atoms with Gasteiger partial charge in [0.25, 0.3) is 0 Å². The fourth-order valence-corrected chi connectivity index (χ4v) is 2.26. The fourth-order valence-electron chi connectivity index (χ4n) is 2.26. The second-order valence-corrected chi connectivity index (χ2v) is 5.06. The normalized spacial score (nSPS) is 10.6. The van der Waals surface area contributed by atoms with Gasteiger partial charge in [0, 0.05) is 23.7 Å². The van der Waals surface area contributed by atoms with Crippen molar-refractivity contribution in [1.82, 2.24) is 15.2 Å². The van der Waals surface area contributed by atoms with Crippen LogP contribution >= 0.6 is 0 Å². The quantitative estimate of drug-likeness (QED) is 0.621. The van der Waals surface area contributed by atoms with Crippen LogP contribution in [0.5, 0.6) is 5.88 Å². The van der Waals surface area contributed by atoms with E-state index in [4.69, 9.17) is 9.84 Å². The molecule has 0 amide bonds. The smallest absolute Gasteiger partial charge is 0.213 e. The summed E-state index contributed by atoms with van der Waals surface area (Å²) in [4.78, 5) is 4.13. The predicted molar refractivity (Wildman–Crippen MR) is 88.1 cm³/mol. The number of ether oxygens (including phenoxy) is 1. The van der Waals surface area contributed by atoms with Gasteiger partial charge in [-0.3, -0.25) is 5.10 Å². The SMILES string of the molecule is OCCOc1ccc(NCc2cn[nH]c2-c2ccccc2F)cn1. The van der Waals surface area contributed by atoms with Gasteiger partial charge >= 0.3 is 0 Å². The number of rotatable bonds is 7. The molecule has 7 heteroatoms. The molecule has 0 aliphatic rings. The molecule has 124 valence electrons. The summed E-state index contributed by atoms with van der Waals surface area (Å²) in [7, 11) is 0. The number of aromatic amines is 1. The molecule has 6 nitrogen and oxygen atoms in total. The molecule has 0 aliphatic carbocycles. The van der Waals surface area contributed by atoms with Crippen LogP contribution in [0.4, 0.5) is 10.1 Å². The lowest BCUT2D eigenvalue weighted by molar-refractivity contribution is 0.196. The van der Waals surface area contributed by atoms with E-state index < -0.39 is 0 Å². The topological polar surface area (TPSA) is 83.1 Å². The molecular weight excluding hydrogens is 311 g/mol. The van der Waals surface area contributed by atoms with Crippen molar-refractivity contribution >= 4 is 5.69 Å². The third-order valence-corrected chi connectivity index (χ3v) is 3.42. The van der Waals surface area contributed by atoms with E-state index in [1.165, 1.54) is 6.07 Å². The van der Waals surface area contributed by atoms with Crippen molar-refractivity contribution in [3.8, 4) is 17.1 Å². The maximum absolute atomic E-state index is 13.9. The maximum Gasteiger partial charge on any atom is 0.213 e. The van der Waals surface area contributed by atoms with Crippen LogP contribution in [0.3, 0.4) is 0 Å². The van der Waals surface area contributed by atoms with E-state index in [1.54, 1.807) is 36.7 Å². The number of anilines is 1. The molecule has 0 radical (unpaired) electrons. The van der Waals surface area contributed by atoms with E-state index >= 15 is 0 Å². The number of pyridine rings is 1. The summed E-state index contributed by atoms with van der Waals surface area (Å²) in [5.74, 6) is 0.153. The molecule has 3 aromatic rings. The van der Waals surface area contributed by atoms with Gasteiger partial charge in [0.05, 0.1) is 30.4 Å². The summed E-state index contributed by atoms with van der Waals surface area (Å²) in [5, 5.41) is 18.8. The molecule has 0 atom stereocenters. The molecule has 0 saturated heterocycles. The Bertz CT molecular complexity index is 789. The van der Waals surface area contributed by atoms with E-state index in [0.717, 1.165) is 11.3 Å². The molecule has 2 aromatic heterocycles. The van der Waals surface area contributed by atoms with Gasteiger partial charge in [-0.25, -0.2) is 9.37 Å². The molecule has 0 unspecified atom stereocenters. The first-order chi connectivity index (χ1) is 11.8. The van der Waals surface area contributed by atoms with Gasteiger partial charge in [-0.2, -0.15) is 5.10 Å². The molecule has 2 heterocycles. The molecular formula is C17H17FN4O2. The molecule has 3 N–H and O–H groups in total. The third-order valence-electron chi connectivity index (χ3n) is 3.42. The monoisotopic (exact) mass is 328 g/mol. The van der Waals surface area contributed by atoms with Crippen LogP contribution in [-0.4, -0.2) is 33.5 Å². The summed E-state index contributed by atoms with van der Waals surface area (Å²) in [6.07, 6.45) is 3.30. The largest absolute Gasteiger partial charge is 0.475 e. The molecule has 1 aromatic carbocycles. The van der Waals surface area contributed by atoms with E-state index in [2.05, 4.69) is 20.5 Å². The van der Waals surface area contributed by atoms with Gasteiger partial charge < -0.3 is 15.2 Å². The Morgan fingerprint density at radius 1 is 1.17 bits per heavy atom. The number of nitrogens with zero attached hydrogens (tertiary/aromatic N) is 2. The standard InChI is InChI=1S/C17H17FN4O2/c18-15-4-2-1-3-14(15)17-12(10-21-22-17)9-19-13-5-6-16(20-11-13)24-8-7-23/h1-6,10-11,19,23H,7-9H2,(H,21,22). The first-order valence-corrected chi connectivity index (χ1v) is 7.48. The molecule has 0 saturated carbocycles. The molecule has 0 aliphatic heterocycles. The summed E-state index contributed by atoms with van der Waals surface area (Å²) in [6, 6.07) is 10.1. The highest BCUT2D eigenvalue weighted by atomic mass is 19.1. The minimum absolute atomic E-state index is 0.0546. The number of H-pyrrole nitrogens is 1. The van der Waals surface area contributed by atoms with Gasteiger partial charge in [-0.05, 0) is 18.2 Å². The van der Waals surface area contributed by atoms with Crippen molar-refractivity contribution in [2.45, 2.75) is 6.54 Å². The molecule has 24 heavy (non-hydrogen) atoms. The molecule has 0 bridgehead atoms. The van der Waals surface area contributed by atoms with E-state index in [-0.39, 0.29) is 19.0 Å². The second kappa shape index (κ2) is 7.56. The highest BCUT2D eigenvalue weighted by Gasteiger charge is 2.11. The zero-order chi connectivity index (χ0) is 16.8. The van der Waals surface area contributed by atoms with Gasteiger partial charge in [0.2, 0.25) is 5.88 Å². The lowest BCUT2D eigenvalue weighted by atomic mass is 10.1. The summed E-state index contributed by atoms with van der Waals surface area (Å²) >= 11 is 0. The Kier molecular flexibility index (Phi) is 5.02. The summed E-state index contributed by atoms with van der Waals surface area (Å²) < 4.78 is 19.1. The van der Waals surface area contributed by atoms with E-state index in [9.17, 15) is 4.39 Å². The van der Waals surface area contributed by atoms with Gasteiger partial charge in [0.15, 0.2) is 0 Å². The first kappa shape index (κ1) is 15.9. The Hall–Kier alpha value is -2.93. The number of aromatic nitrogens is 3. The minimum atomic E-state index is -0.296. The number of hydrogen-bond donors (Lipinski definition) is 3. The van der Waals surface area contributed by atoms with Gasteiger partial charge in [-0.1, -0.05) is 12.1 Å². The first-order valence-electron chi connectivity index (χ1n) is 7.48. The van der Waals surface area contributed by atoms with Crippen LogP contribution in [0.15, 0.2) is 48.8 Å². The second-order valence-electron chi connectivity index (χ2n) is 5.06. The number of benzene rings is 1. The van der Waals surface area contributed by atoms with Gasteiger partial charge in [-0.15, -0.1) is 0 Å². The van der Waals surface area contributed by atoms with Crippen molar-refractivity contribution < 1.29 is 14.2 Å². The van der Waals surface area contributed by atoms with E-state index in [1.807, 2.05) is 6.07 Å². The van der Waals surface area contributed by atoms with Crippen molar-refractivity contribution in [3.63, 3.8) is 0 Å². The van der Waals surface area contributed by atoms with Crippen LogP contribution in [0.1, 0.15) is 5.56 Å². The number of nitrogens with one attached hydrogen (secondary N) is 2. The predicted octanol–water partition coefficient (Wildman–Crippen LogP) is 2.59. The fraction of sp³-hybridized carbons (Fsp3) is 0.176. The molecule has 3 rings (SSSR count). The van der Waals surface area contributed by atoms with Crippen LogP contribution in [0.25, 0.3) is 11.3 Å². The Balaban J connectivity index is 1.68. The van der Waals surface area contributed by atoms with Crippen LogP contribution < -0.4 is 10.1 Å². The lowest BCUT2D eigenvalue weighted by Crippen LogP contribution is -2.04. The van der Waals surface area contributed by atoms with Crippen LogP contribution in [0.2, 0.25) is 0 Å². The lowest BCUT2D eigenvalue weighted by Gasteiger charge is -2.08. The zero-order valence-corrected chi connectivity index (χ0v) is 12.9. The zero-order valence-electron chi connectivity index (χ0n) is 12.9. The van der Waals surface area contributed by atoms with Crippen molar-refractivity contribution in [2.24, 2.45) is 0 Å². The van der Waals surface area contributed by atoms with Crippen molar-refractivity contribution in [2.75, 3.05) is 18.5 Å². The number of halogens is 1. The Morgan fingerprint density at radius 3 is 2.79 bits per heavy atom. The van der Waals surface area contributed by atoms with Crippen molar-refractivity contribution in [1.29, 1.82) is 0 Å². The maximum atomic E-state index is 13.9. The minimum Gasteiger partial charge on any atom is -0.475 e. The van der Waals surface area contributed by atoms with Gasteiger partial charge in [0.1, 0.15) is 12.4 Å². The molecule has 0 fully saturated rings. The molecule has 0 spiro atoms. The summed E-state index contributed by atoms with van der Waals surface area (Å²) in [6.45, 7) is 0.625. The highest BCUT2D eigenvalue weighted by Crippen LogP contribution is 2.24. The van der Waals surface area contributed by atoms with Crippen LogP contribution in [0, 0.1) is 5.82 Å². The van der Waals surface area contributed by atoms with Crippen molar-refractivity contribution in [3.05, 3.63) is 60.2 Å². The van der Waals surface area contributed by atoms with Crippen LogP contribution in [-0.2, 0) is 6.54 Å².